The van der Waals surface area contributed by atoms with E-state index in [9.17, 15) is 4.39 Å². The lowest BCUT2D eigenvalue weighted by Crippen LogP contribution is -2.04. The van der Waals surface area contributed by atoms with Crippen LogP contribution in [0.1, 0.15) is 5.56 Å². The van der Waals surface area contributed by atoms with Gasteiger partial charge in [-0.2, -0.15) is 5.26 Å². The Kier molecular flexibility index (Phi) is 4.37. The molecule has 1 nitrogen and oxygen atoms in total. The van der Waals surface area contributed by atoms with Gasteiger partial charge in [-0.15, -0.1) is 0 Å². The molecule has 0 aliphatic carbocycles. The fraction of sp³-hybridized carbons (Fsp3) is 0.300. The van der Waals surface area contributed by atoms with Crippen molar-refractivity contribution < 1.29 is 4.39 Å². The minimum atomic E-state index is -0.421. The summed E-state index contributed by atoms with van der Waals surface area (Å²) in [5.41, 5.74) is 0.489. The van der Waals surface area contributed by atoms with Crippen molar-refractivity contribution in [3.05, 3.63) is 34.6 Å². The quantitative estimate of drug-likeness (QED) is 0.775. The molecule has 4 heteroatoms. The van der Waals surface area contributed by atoms with Gasteiger partial charge in [-0.1, -0.05) is 39.7 Å². The van der Waals surface area contributed by atoms with Gasteiger partial charge in [0.05, 0.1) is 17.0 Å². The van der Waals surface area contributed by atoms with Crippen molar-refractivity contribution in [1.82, 2.24) is 0 Å². The van der Waals surface area contributed by atoms with E-state index < -0.39 is 5.82 Å². The molecular weight excluding hydrogens is 268 g/mol. The number of rotatable bonds is 3. The van der Waals surface area contributed by atoms with Gasteiger partial charge in [0.2, 0.25) is 0 Å². The average Bonchev–Trinajstić information content (AvgIpc) is 2.20. The fourth-order valence-corrected chi connectivity index (χ4v) is 1.67. The molecule has 0 N–H and O–H groups in total. The number of benzene rings is 1. The molecule has 0 aliphatic heterocycles. The zero-order valence-electron chi connectivity index (χ0n) is 7.30. The van der Waals surface area contributed by atoms with Crippen LogP contribution in [0.2, 0.25) is 5.02 Å². The zero-order chi connectivity index (χ0) is 10.6. The summed E-state index contributed by atoms with van der Waals surface area (Å²) in [6.07, 6.45) is 0.383. The fourth-order valence-electron chi connectivity index (χ4n) is 1.11. The number of halogens is 3. The van der Waals surface area contributed by atoms with Crippen molar-refractivity contribution >= 4 is 27.5 Å². The first-order valence-corrected chi connectivity index (χ1v) is 5.57. The molecule has 1 rings (SSSR count). The van der Waals surface area contributed by atoms with Crippen molar-refractivity contribution in [3.63, 3.8) is 0 Å². The van der Waals surface area contributed by atoms with Crippen LogP contribution >= 0.6 is 27.5 Å². The third kappa shape index (κ3) is 2.70. The molecule has 0 aliphatic rings. The summed E-state index contributed by atoms with van der Waals surface area (Å²) in [7, 11) is 0. The molecule has 74 valence electrons. The first-order chi connectivity index (χ1) is 6.69. The molecule has 0 fully saturated rings. The van der Waals surface area contributed by atoms with E-state index in [0.29, 0.717) is 17.3 Å². The lowest BCUT2D eigenvalue weighted by molar-refractivity contribution is 0.597. The van der Waals surface area contributed by atoms with Gasteiger partial charge in [0.15, 0.2) is 0 Å². The van der Waals surface area contributed by atoms with Crippen molar-refractivity contribution in [2.75, 3.05) is 5.33 Å². The van der Waals surface area contributed by atoms with Crippen LogP contribution in [-0.4, -0.2) is 5.33 Å². The first-order valence-electron chi connectivity index (χ1n) is 4.07. The third-order valence-electron chi connectivity index (χ3n) is 1.87. The lowest BCUT2D eigenvalue weighted by Gasteiger charge is -2.06. The highest BCUT2D eigenvalue weighted by atomic mass is 79.9. The van der Waals surface area contributed by atoms with E-state index in [-0.39, 0.29) is 10.9 Å². The van der Waals surface area contributed by atoms with Gasteiger partial charge in [0, 0.05) is 5.33 Å². The van der Waals surface area contributed by atoms with Crippen molar-refractivity contribution in [3.8, 4) is 6.07 Å². The molecule has 0 saturated carbocycles. The third-order valence-corrected chi connectivity index (χ3v) is 2.94. The Morgan fingerprint density at radius 2 is 2.29 bits per heavy atom. The highest BCUT2D eigenvalue weighted by molar-refractivity contribution is 9.09. The Hall–Kier alpha value is -0.590. The normalized spacial score (nSPS) is 12.1. The van der Waals surface area contributed by atoms with Crippen LogP contribution in [0, 0.1) is 23.1 Å². The van der Waals surface area contributed by atoms with E-state index in [0.717, 1.165) is 0 Å². The summed E-state index contributed by atoms with van der Waals surface area (Å²) in [4.78, 5) is 0. The summed E-state index contributed by atoms with van der Waals surface area (Å²) in [6.45, 7) is 0. The SMILES string of the molecule is N#CC(CBr)Cc1cccc(Cl)c1F. The minimum absolute atomic E-state index is 0.105. The molecule has 1 atom stereocenters. The van der Waals surface area contributed by atoms with Crippen molar-refractivity contribution in [2.45, 2.75) is 6.42 Å². The second-order valence-electron chi connectivity index (χ2n) is 2.90. The van der Waals surface area contributed by atoms with E-state index in [2.05, 4.69) is 22.0 Å². The minimum Gasteiger partial charge on any atom is -0.205 e. The smallest absolute Gasteiger partial charge is 0.145 e. The largest absolute Gasteiger partial charge is 0.205 e. The van der Waals surface area contributed by atoms with Crippen LogP contribution < -0.4 is 0 Å². The highest BCUT2D eigenvalue weighted by Gasteiger charge is 2.11. The Bertz CT molecular complexity index is 362. The second-order valence-corrected chi connectivity index (χ2v) is 3.95. The molecule has 14 heavy (non-hydrogen) atoms. The van der Waals surface area contributed by atoms with E-state index >= 15 is 0 Å². The zero-order valence-corrected chi connectivity index (χ0v) is 9.65. The van der Waals surface area contributed by atoms with Gasteiger partial charge in [-0.05, 0) is 18.1 Å². The van der Waals surface area contributed by atoms with Crippen molar-refractivity contribution in [1.29, 1.82) is 5.26 Å². The van der Waals surface area contributed by atoms with E-state index in [4.69, 9.17) is 16.9 Å². The predicted octanol–water partition coefficient (Wildman–Crippen LogP) is 3.56. The number of hydrogen-bond acceptors (Lipinski definition) is 1. The number of hydrogen-bond donors (Lipinski definition) is 0. The van der Waals surface area contributed by atoms with Crippen LogP contribution in [0.5, 0.6) is 0 Å². The van der Waals surface area contributed by atoms with Crippen LogP contribution in [0.3, 0.4) is 0 Å². The second kappa shape index (κ2) is 5.33. The Morgan fingerprint density at radius 3 is 2.86 bits per heavy atom. The maximum atomic E-state index is 13.4. The standard InChI is InChI=1S/C10H8BrClFN/c11-5-7(6-14)4-8-2-1-3-9(12)10(8)13/h1-3,7H,4-5H2. The summed E-state index contributed by atoms with van der Waals surface area (Å²) < 4.78 is 13.4. The maximum Gasteiger partial charge on any atom is 0.145 e. The van der Waals surface area contributed by atoms with Gasteiger partial charge in [0.25, 0.3) is 0 Å². The molecule has 1 aromatic carbocycles. The molecule has 0 amide bonds. The molecule has 1 aromatic rings. The topological polar surface area (TPSA) is 23.8 Å². The molecule has 0 heterocycles. The summed E-state index contributed by atoms with van der Waals surface area (Å²) >= 11 is 8.81. The monoisotopic (exact) mass is 275 g/mol. The van der Waals surface area contributed by atoms with Gasteiger partial charge in [-0.3, -0.25) is 0 Å². The summed E-state index contributed by atoms with van der Waals surface area (Å²) in [5, 5.41) is 9.35. The molecule has 1 unspecified atom stereocenters. The average molecular weight is 277 g/mol. The van der Waals surface area contributed by atoms with Crippen molar-refractivity contribution in [2.24, 2.45) is 5.92 Å². The summed E-state index contributed by atoms with van der Waals surface area (Å²) in [6, 6.07) is 6.92. The number of nitriles is 1. The van der Waals surface area contributed by atoms with Crippen LogP contribution in [0.25, 0.3) is 0 Å². The highest BCUT2D eigenvalue weighted by Crippen LogP contribution is 2.20. The Balaban J connectivity index is 2.87. The predicted molar refractivity (Wildman–Crippen MR) is 58.0 cm³/mol. The van der Waals surface area contributed by atoms with Gasteiger partial charge in [-0.25, -0.2) is 4.39 Å². The molecule has 0 saturated heterocycles. The molecule has 0 spiro atoms. The van der Waals surface area contributed by atoms with Gasteiger partial charge >= 0.3 is 0 Å². The van der Waals surface area contributed by atoms with Gasteiger partial charge in [0.1, 0.15) is 5.82 Å². The van der Waals surface area contributed by atoms with Crippen LogP contribution in [0.15, 0.2) is 18.2 Å². The van der Waals surface area contributed by atoms with E-state index in [1.807, 2.05) is 0 Å². The lowest BCUT2D eigenvalue weighted by atomic mass is 10.0. The number of nitrogens with zero attached hydrogens (tertiary/aromatic N) is 1. The maximum absolute atomic E-state index is 13.4. The molecule has 0 radical (unpaired) electrons. The summed E-state index contributed by atoms with van der Waals surface area (Å²) in [5.74, 6) is -0.640. The molecule has 0 bridgehead atoms. The Labute approximate surface area is 95.6 Å². The Morgan fingerprint density at radius 1 is 1.57 bits per heavy atom. The van der Waals surface area contributed by atoms with E-state index in [1.165, 1.54) is 6.07 Å². The first kappa shape index (κ1) is 11.5. The molecule has 0 aromatic heterocycles. The van der Waals surface area contributed by atoms with Crippen LogP contribution in [0.4, 0.5) is 4.39 Å². The van der Waals surface area contributed by atoms with Gasteiger partial charge < -0.3 is 0 Å². The van der Waals surface area contributed by atoms with Crippen LogP contribution in [-0.2, 0) is 6.42 Å². The number of alkyl halides is 1. The molecular formula is C10H8BrClFN. The van der Waals surface area contributed by atoms with E-state index in [1.54, 1.807) is 12.1 Å².